The number of aryl methyl sites for hydroxylation is 1. The Hall–Kier alpha value is -3.04. The van der Waals surface area contributed by atoms with Crippen molar-refractivity contribution in [1.29, 1.82) is 0 Å². The van der Waals surface area contributed by atoms with Gasteiger partial charge in [-0.05, 0) is 42.8 Å². The third-order valence-corrected chi connectivity index (χ3v) is 5.19. The van der Waals surface area contributed by atoms with E-state index in [9.17, 15) is 4.79 Å². The minimum atomic E-state index is 0.00986. The van der Waals surface area contributed by atoms with Gasteiger partial charge < -0.3 is 4.90 Å². The van der Waals surface area contributed by atoms with Gasteiger partial charge in [-0.15, -0.1) is 0 Å². The number of para-hydroxylation sites is 1. The molecular formula is C24H21ClN2O. The van der Waals surface area contributed by atoms with Gasteiger partial charge in [0.15, 0.2) is 0 Å². The van der Waals surface area contributed by atoms with Gasteiger partial charge in [-0.25, -0.2) is 0 Å². The van der Waals surface area contributed by atoms with Gasteiger partial charge >= 0.3 is 0 Å². The largest absolute Gasteiger partial charge is 0.356 e. The minimum absolute atomic E-state index is 0.00986. The van der Waals surface area contributed by atoms with Crippen LogP contribution < -0.4 is 9.80 Å². The molecule has 140 valence electrons. The summed E-state index contributed by atoms with van der Waals surface area (Å²) in [5.74, 6) is 0.00986. The molecule has 0 atom stereocenters. The van der Waals surface area contributed by atoms with Crippen LogP contribution in [0.5, 0.6) is 0 Å². The summed E-state index contributed by atoms with van der Waals surface area (Å²) in [5.41, 5.74) is 5.80. The summed E-state index contributed by atoms with van der Waals surface area (Å²) < 4.78 is 0. The number of benzene rings is 3. The fourth-order valence-corrected chi connectivity index (χ4v) is 3.61. The zero-order valence-electron chi connectivity index (χ0n) is 15.9. The predicted octanol–water partition coefficient (Wildman–Crippen LogP) is 5.63. The van der Waals surface area contributed by atoms with Crippen LogP contribution >= 0.6 is 11.6 Å². The van der Waals surface area contributed by atoms with Crippen LogP contribution in [0.3, 0.4) is 0 Å². The van der Waals surface area contributed by atoms with Crippen LogP contribution in [0.25, 0.3) is 11.6 Å². The lowest BCUT2D eigenvalue weighted by atomic mass is 10.0. The van der Waals surface area contributed by atoms with Gasteiger partial charge in [0.05, 0.1) is 12.4 Å². The first-order valence-corrected chi connectivity index (χ1v) is 9.57. The number of hydrogen-bond donors (Lipinski definition) is 0. The summed E-state index contributed by atoms with van der Waals surface area (Å²) >= 11 is 6.12. The Bertz CT molecular complexity index is 1060. The third-order valence-electron chi connectivity index (χ3n) is 4.95. The first-order chi connectivity index (χ1) is 13.5. The van der Waals surface area contributed by atoms with E-state index < -0.39 is 0 Å². The van der Waals surface area contributed by atoms with Crippen molar-refractivity contribution in [3.8, 4) is 0 Å². The Morgan fingerprint density at radius 1 is 1.00 bits per heavy atom. The smallest absolute Gasteiger partial charge is 0.260 e. The monoisotopic (exact) mass is 388 g/mol. The van der Waals surface area contributed by atoms with Crippen LogP contribution in [0.15, 0.2) is 72.8 Å². The topological polar surface area (TPSA) is 23.6 Å². The Labute approximate surface area is 170 Å². The Balaban J connectivity index is 1.68. The summed E-state index contributed by atoms with van der Waals surface area (Å²) in [5, 5.41) is 0.678. The van der Waals surface area contributed by atoms with Gasteiger partial charge in [0, 0.05) is 28.9 Å². The zero-order valence-corrected chi connectivity index (χ0v) is 16.6. The fraction of sp³-hybridized carbons (Fsp3) is 0.125. The van der Waals surface area contributed by atoms with E-state index in [1.165, 1.54) is 5.56 Å². The SMILES string of the molecule is Cc1ccc(/C=C2/C(=O)N(CN(C)c3cccc(Cl)c3)c3ccccc32)cc1. The molecule has 3 aromatic rings. The number of carbonyl (C=O) groups is 1. The molecular weight excluding hydrogens is 368 g/mol. The molecule has 0 bridgehead atoms. The van der Waals surface area contributed by atoms with Crippen molar-refractivity contribution in [3.05, 3.63) is 94.5 Å². The van der Waals surface area contributed by atoms with Gasteiger partial charge in [0.25, 0.3) is 5.91 Å². The van der Waals surface area contributed by atoms with Crippen molar-refractivity contribution in [3.63, 3.8) is 0 Å². The molecule has 3 nitrogen and oxygen atoms in total. The molecule has 1 amide bonds. The molecule has 4 rings (SSSR count). The molecule has 0 aliphatic carbocycles. The predicted molar refractivity (Wildman–Crippen MR) is 118 cm³/mol. The van der Waals surface area contributed by atoms with E-state index in [2.05, 4.69) is 19.1 Å². The molecule has 0 spiro atoms. The maximum absolute atomic E-state index is 13.3. The van der Waals surface area contributed by atoms with E-state index in [1.807, 2.05) is 83.6 Å². The van der Waals surface area contributed by atoms with Crippen molar-refractivity contribution in [1.82, 2.24) is 0 Å². The lowest BCUT2D eigenvalue weighted by Crippen LogP contribution is -2.37. The first kappa shape index (κ1) is 18.3. The molecule has 0 saturated carbocycles. The summed E-state index contributed by atoms with van der Waals surface area (Å²) in [6.07, 6.45) is 1.97. The van der Waals surface area contributed by atoms with Gasteiger partial charge in [-0.1, -0.05) is 65.7 Å². The maximum Gasteiger partial charge on any atom is 0.260 e. The molecule has 0 N–H and O–H groups in total. The summed E-state index contributed by atoms with van der Waals surface area (Å²) in [4.78, 5) is 17.1. The van der Waals surface area contributed by atoms with Gasteiger partial charge in [-0.2, -0.15) is 0 Å². The van der Waals surface area contributed by atoms with Crippen molar-refractivity contribution in [2.24, 2.45) is 0 Å². The fourth-order valence-electron chi connectivity index (χ4n) is 3.42. The van der Waals surface area contributed by atoms with Crippen molar-refractivity contribution < 1.29 is 4.79 Å². The summed E-state index contributed by atoms with van der Waals surface area (Å²) in [6.45, 7) is 2.50. The minimum Gasteiger partial charge on any atom is -0.356 e. The first-order valence-electron chi connectivity index (χ1n) is 9.19. The molecule has 0 aromatic heterocycles. The van der Waals surface area contributed by atoms with E-state index in [1.54, 1.807) is 0 Å². The standard InChI is InChI=1S/C24H21ClN2O/c1-17-10-12-18(13-11-17)14-22-21-8-3-4-9-23(21)27(24(22)28)16-26(2)20-7-5-6-19(25)15-20/h3-15H,16H2,1-2H3/b22-14+. The summed E-state index contributed by atoms with van der Waals surface area (Å²) in [6, 6.07) is 23.8. The van der Waals surface area contributed by atoms with Crippen LogP contribution in [0.4, 0.5) is 11.4 Å². The summed E-state index contributed by atoms with van der Waals surface area (Å²) in [7, 11) is 1.96. The van der Waals surface area contributed by atoms with E-state index in [0.717, 1.165) is 28.1 Å². The highest BCUT2D eigenvalue weighted by molar-refractivity contribution is 6.36. The molecule has 0 radical (unpaired) electrons. The third kappa shape index (κ3) is 3.54. The second-order valence-corrected chi connectivity index (χ2v) is 7.47. The number of nitrogens with zero attached hydrogens (tertiary/aromatic N) is 2. The lowest BCUT2D eigenvalue weighted by Gasteiger charge is -2.26. The average Bonchev–Trinajstić information content (AvgIpc) is 2.95. The molecule has 28 heavy (non-hydrogen) atoms. The van der Waals surface area contributed by atoms with Crippen LogP contribution in [0.1, 0.15) is 16.7 Å². The van der Waals surface area contributed by atoms with Crippen LogP contribution in [-0.4, -0.2) is 19.6 Å². The molecule has 4 heteroatoms. The molecule has 0 fully saturated rings. The molecule has 1 heterocycles. The van der Waals surface area contributed by atoms with E-state index in [4.69, 9.17) is 11.6 Å². The molecule has 0 unspecified atom stereocenters. The van der Waals surface area contributed by atoms with Crippen LogP contribution in [0, 0.1) is 6.92 Å². The van der Waals surface area contributed by atoms with E-state index in [0.29, 0.717) is 11.7 Å². The van der Waals surface area contributed by atoms with Crippen molar-refractivity contribution in [2.75, 3.05) is 23.5 Å². The Morgan fingerprint density at radius 2 is 1.75 bits per heavy atom. The molecule has 1 aliphatic heterocycles. The van der Waals surface area contributed by atoms with Crippen molar-refractivity contribution in [2.45, 2.75) is 6.92 Å². The number of amides is 1. The lowest BCUT2D eigenvalue weighted by molar-refractivity contribution is -0.112. The second-order valence-electron chi connectivity index (χ2n) is 7.04. The van der Waals surface area contributed by atoms with Gasteiger partial charge in [0.1, 0.15) is 0 Å². The number of anilines is 2. The number of rotatable bonds is 4. The average molecular weight is 389 g/mol. The van der Waals surface area contributed by atoms with Crippen LogP contribution in [-0.2, 0) is 4.79 Å². The van der Waals surface area contributed by atoms with E-state index in [-0.39, 0.29) is 5.91 Å². The number of fused-ring (bicyclic) bond motifs is 1. The normalized spacial score (nSPS) is 14.5. The maximum atomic E-state index is 13.3. The highest BCUT2D eigenvalue weighted by atomic mass is 35.5. The van der Waals surface area contributed by atoms with Crippen LogP contribution in [0.2, 0.25) is 5.02 Å². The number of carbonyl (C=O) groups excluding carboxylic acids is 1. The Kier molecular flexibility index (Phi) is 4.93. The Morgan fingerprint density at radius 3 is 2.50 bits per heavy atom. The van der Waals surface area contributed by atoms with Gasteiger partial charge in [0.2, 0.25) is 0 Å². The number of hydrogen-bond acceptors (Lipinski definition) is 2. The molecule has 3 aromatic carbocycles. The molecule has 0 saturated heterocycles. The van der Waals surface area contributed by atoms with Gasteiger partial charge in [-0.3, -0.25) is 9.69 Å². The molecule has 1 aliphatic rings. The highest BCUT2D eigenvalue weighted by Crippen LogP contribution is 2.38. The van der Waals surface area contributed by atoms with Crippen molar-refractivity contribution >= 4 is 40.5 Å². The number of halogens is 1. The second kappa shape index (κ2) is 7.53. The highest BCUT2D eigenvalue weighted by Gasteiger charge is 2.32. The quantitative estimate of drug-likeness (QED) is 0.541. The van der Waals surface area contributed by atoms with E-state index >= 15 is 0 Å². The zero-order chi connectivity index (χ0) is 19.7.